The van der Waals surface area contributed by atoms with E-state index in [-0.39, 0.29) is 0 Å². The molecule has 2 nitrogen and oxygen atoms in total. The standard InChI is InChI=1S/C20H27BrO2SSi/c1-6-20(21,24(22,23)18-13-11-16(2)12-14-18)19-10-8-7-9-17(19)15-25(3,4)5/h7-14H,6,15H2,1-5H3. The highest BCUT2D eigenvalue weighted by Crippen LogP contribution is 2.45. The first-order valence-electron chi connectivity index (χ1n) is 8.60. The van der Waals surface area contributed by atoms with Gasteiger partial charge in [-0.3, -0.25) is 0 Å². The van der Waals surface area contributed by atoms with Crippen molar-refractivity contribution in [2.75, 3.05) is 0 Å². The molecule has 1 unspecified atom stereocenters. The minimum atomic E-state index is -3.57. The summed E-state index contributed by atoms with van der Waals surface area (Å²) in [6.07, 6.45) is 0.464. The van der Waals surface area contributed by atoms with E-state index < -0.39 is 21.6 Å². The average Bonchev–Trinajstić information content (AvgIpc) is 2.53. The Morgan fingerprint density at radius 1 is 1.00 bits per heavy atom. The first kappa shape index (κ1) is 20.4. The van der Waals surface area contributed by atoms with Gasteiger partial charge in [-0.2, -0.15) is 0 Å². The van der Waals surface area contributed by atoms with E-state index in [1.807, 2.05) is 44.2 Å². The van der Waals surface area contributed by atoms with Crippen molar-refractivity contribution in [2.45, 2.75) is 54.5 Å². The number of rotatable bonds is 6. The summed E-state index contributed by atoms with van der Waals surface area (Å²) in [6.45, 7) is 10.8. The van der Waals surface area contributed by atoms with Gasteiger partial charge in [0, 0.05) is 8.07 Å². The lowest BCUT2D eigenvalue weighted by molar-refractivity contribution is 0.572. The van der Waals surface area contributed by atoms with Crippen molar-refractivity contribution in [1.82, 2.24) is 0 Å². The molecule has 0 spiro atoms. The maximum absolute atomic E-state index is 13.5. The molecule has 0 amide bonds. The molecule has 0 radical (unpaired) electrons. The first-order valence-corrected chi connectivity index (χ1v) is 14.6. The lowest BCUT2D eigenvalue weighted by atomic mass is 10.0. The zero-order valence-electron chi connectivity index (χ0n) is 15.6. The molecule has 0 heterocycles. The van der Waals surface area contributed by atoms with Gasteiger partial charge in [-0.05, 0) is 42.6 Å². The SMILES string of the molecule is CCC(Br)(c1ccccc1C[Si](C)(C)C)S(=O)(=O)c1ccc(C)cc1. The van der Waals surface area contributed by atoms with Crippen LogP contribution in [0.3, 0.4) is 0 Å². The van der Waals surface area contributed by atoms with Crippen molar-refractivity contribution in [3.63, 3.8) is 0 Å². The number of sulfone groups is 1. The Balaban J connectivity index is 2.63. The number of hydrogen-bond acceptors (Lipinski definition) is 2. The van der Waals surface area contributed by atoms with E-state index in [4.69, 9.17) is 0 Å². The summed E-state index contributed by atoms with van der Waals surface area (Å²) in [4.78, 5) is 0.361. The highest BCUT2D eigenvalue weighted by molar-refractivity contribution is 9.11. The summed E-state index contributed by atoms with van der Waals surface area (Å²) in [5.41, 5.74) is 3.06. The van der Waals surface area contributed by atoms with Crippen LogP contribution in [-0.4, -0.2) is 16.5 Å². The van der Waals surface area contributed by atoms with Crippen LogP contribution in [0.25, 0.3) is 0 Å². The monoisotopic (exact) mass is 438 g/mol. The summed E-state index contributed by atoms with van der Waals surface area (Å²) in [7, 11) is -4.95. The molecule has 0 saturated carbocycles. The Morgan fingerprint density at radius 3 is 2.08 bits per heavy atom. The lowest BCUT2D eigenvalue weighted by Gasteiger charge is -2.30. The van der Waals surface area contributed by atoms with Crippen LogP contribution < -0.4 is 0 Å². The van der Waals surface area contributed by atoms with E-state index in [2.05, 4.69) is 41.6 Å². The molecule has 136 valence electrons. The molecule has 0 N–H and O–H groups in total. The van der Waals surface area contributed by atoms with Gasteiger partial charge in [0.2, 0.25) is 0 Å². The van der Waals surface area contributed by atoms with Gasteiger partial charge >= 0.3 is 0 Å². The second kappa shape index (κ2) is 7.37. The Bertz CT molecular complexity index is 839. The summed E-state index contributed by atoms with van der Waals surface area (Å²) in [5, 5.41) is 0. The molecule has 2 rings (SSSR count). The van der Waals surface area contributed by atoms with Crippen LogP contribution in [0.15, 0.2) is 53.4 Å². The predicted octanol–water partition coefficient (Wildman–Crippen LogP) is 5.85. The van der Waals surface area contributed by atoms with Gasteiger partial charge in [0.05, 0.1) is 4.90 Å². The molecule has 0 aliphatic rings. The van der Waals surface area contributed by atoms with Crippen molar-refractivity contribution < 1.29 is 8.42 Å². The van der Waals surface area contributed by atoms with Crippen molar-refractivity contribution >= 4 is 33.8 Å². The van der Waals surface area contributed by atoms with Crippen LogP contribution >= 0.6 is 15.9 Å². The third-order valence-electron chi connectivity index (χ3n) is 4.35. The molecule has 0 saturated heterocycles. The second-order valence-corrected chi connectivity index (χ2v) is 17.3. The predicted molar refractivity (Wildman–Crippen MR) is 113 cm³/mol. The Morgan fingerprint density at radius 2 is 1.56 bits per heavy atom. The molecular formula is C20H27BrO2SSi. The van der Waals surface area contributed by atoms with Gasteiger partial charge < -0.3 is 0 Å². The highest BCUT2D eigenvalue weighted by Gasteiger charge is 2.44. The molecule has 0 fully saturated rings. The maximum atomic E-state index is 13.5. The van der Waals surface area contributed by atoms with Crippen LogP contribution in [0.4, 0.5) is 0 Å². The van der Waals surface area contributed by atoms with Crippen LogP contribution in [0.5, 0.6) is 0 Å². The average molecular weight is 439 g/mol. The topological polar surface area (TPSA) is 34.1 Å². The van der Waals surface area contributed by atoms with E-state index in [1.54, 1.807) is 12.1 Å². The van der Waals surface area contributed by atoms with Crippen molar-refractivity contribution in [3.05, 3.63) is 65.2 Å². The van der Waals surface area contributed by atoms with Crippen LogP contribution in [0.1, 0.15) is 30.0 Å². The minimum Gasteiger partial charge on any atom is -0.222 e. The molecular weight excluding hydrogens is 412 g/mol. The number of alkyl halides is 1. The van der Waals surface area contributed by atoms with Gasteiger partial charge in [-0.1, -0.05) is 84.5 Å². The fraction of sp³-hybridized carbons (Fsp3) is 0.400. The summed E-state index contributed by atoms with van der Waals surface area (Å²) in [6, 6.07) is 16.0. The minimum absolute atomic E-state index is 0.361. The molecule has 2 aromatic rings. The molecule has 5 heteroatoms. The quantitative estimate of drug-likeness (QED) is 0.418. The maximum Gasteiger partial charge on any atom is 0.198 e. The largest absolute Gasteiger partial charge is 0.222 e. The fourth-order valence-electron chi connectivity index (χ4n) is 3.04. The molecule has 0 aromatic heterocycles. The normalized spacial score (nSPS) is 15.0. The molecule has 0 bridgehead atoms. The van der Waals surface area contributed by atoms with E-state index in [0.29, 0.717) is 11.3 Å². The van der Waals surface area contributed by atoms with E-state index >= 15 is 0 Å². The Labute approximate surface area is 161 Å². The van der Waals surface area contributed by atoms with Crippen molar-refractivity contribution in [3.8, 4) is 0 Å². The van der Waals surface area contributed by atoms with Gasteiger partial charge in [0.25, 0.3) is 0 Å². The Kier molecular flexibility index (Phi) is 6.02. The molecule has 0 aliphatic heterocycles. The van der Waals surface area contributed by atoms with Gasteiger partial charge in [-0.15, -0.1) is 0 Å². The molecule has 25 heavy (non-hydrogen) atoms. The van der Waals surface area contributed by atoms with Gasteiger partial charge in [0.15, 0.2) is 13.5 Å². The van der Waals surface area contributed by atoms with Crippen LogP contribution in [-0.2, 0) is 19.5 Å². The summed E-state index contributed by atoms with van der Waals surface area (Å²) in [5.74, 6) is 0. The number of halogens is 1. The van der Waals surface area contributed by atoms with Gasteiger partial charge in [0.1, 0.15) is 0 Å². The fourth-order valence-corrected chi connectivity index (χ4v) is 7.17. The third kappa shape index (κ3) is 4.26. The second-order valence-electron chi connectivity index (χ2n) is 7.79. The molecule has 0 aliphatic carbocycles. The first-order chi connectivity index (χ1) is 11.5. The zero-order valence-corrected chi connectivity index (χ0v) is 19.0. The zero-order chi connectivity index (χ0) is 18.9. The highest BCUT2D eigenvalue weighted by atomic mass is 79.9. The third-order valence-corrected chi connectivity index (χ3v) is 10.3. The number of aryl methyl sites for hydroxylation is 1. The summed E-state index contributed by atoms with van der Waals surface area (Å²) >= 11 is 3.66. The van der Waals surface area contributed by atoms with E-state index in [0.717, 1.165) is 22.7 Å². The molecule has 2 aromatic carbocycles. The van der Waals surface area contributed by atoms with Crippen LogP contribution in [0, 0.1) is 6.92 Å². The van der Waals surface area contributed by atoms with Crippen molar-refractivity contribution in [1.29, 1.82) is 0 Å². The van der Waals surface area contributed by atoms with Crippen molar-refractivity contribution in [2.24, 2.45) is 0 Å². The Hall–Kier alpha value is -0.913. The summed E-state index contributed by atoms with van der Waals surface area (Å²) < 4.78 is 25.9. The smallest absolute Gasteiger partial charge is 0.198 e. The number of benzene rings is 2. The van der Waals surface area contributed by atoms with E-state index in [1.165, 1.54) is 0 Å². The molecule has 1 atom stereocenters. The van der Waals surface area contributed by atoms with E-state index in [9.17, 15) is 8.42 Å². The van der Waals surface area contributed by atoms with Gasteiger partial charge in [-0.25, -0.2) is 8.42 Å². The lowest BCUT2D eigenvalue weighted by Crippen LogP contribution is -2.32. The number of hydrogen-bond donors (Lipinski definition) is 0. The van der Waals surface area contributed by atoms with Crippen LogP contribution in [0.2, 0.25) is 19.6 Å².